The molecule has 1 saturated heterocycles. The first-order valence-corrected chi connectivity index (χ1v) is 12.0. The molecule has 1 fully saturated rings. The maximum absolute atomic E-state index is 13.2. The largest absolute Gasteiger partial charge is 0.497 e. The van der Waals surface area contributed by atoms with Gasteiger partial charge in [-0.25, -0.2) is 9.69 Å². The summed E-state index contributed by atoms with van der Waals surface area (Å²) in [6.07, 6.45) is 1.41. The number of urea groups is 1. The van der Waals surface area contributed by atoms with E-state index < -0.39 is 17.8 Å². The van der Waals surface area contributed by atoms with Gasteiger partial charge < -0.3 is 18.9 Å². The lowest BCUT2D eigenvalue weighted by atomic mass is 10.1. The number of hydrogen-bond acceptors (Lipinski definition) is 7. The van der Waals surface area contributed by atoms with E-state index in [1.807, 2.05) is 38.1 Å². The molecular weight excluding hydrogens is 488 g/mol. The highest BCUT2D eigenvalue weighted by atomic mass is 16.5. The van der Waals surface area contributed by atoms with Crippen molar-refractivity contribution in [3.8, 4) is 23.0 Å². The quantitative estimate of drug-likeness (QED) is 0.240. The summed E-state index contributed by atoms with van der Waals surface area (Å²) in [5, 5.41) is 2.22. The summed E-state index contributed by atoms with van der Waals surface area (Å²) < 4.78 is 22.4. The van der Waals surface area contributed by atoms with Crippen LogP contribution in [0.2, 0.25) is 0 Å². The molecule has 0 aliphatic carbocycles. The second-order valence-electron chi connectivity index (χ2n) is 8.31. The Labute approximate surface area is 220 Å². The third-order valence-corrected chi connectivity index (χ3v) is 5.64. The van der Waals surface area contributed by atoms with Crippen LogP contribution in [0.3, 0.4) is 0 Å². The van der Waals surface area contributed by atoms with Crippen molar-refractivity contribution in [2.75, 3.05) is 31.8 Å². The van der Waals surface area contributed by atoms with Crippen LogP contribution in [0.15, 0.2) is 72.3 Å². The molecule has 9 heteroatoms. The van der Waals surface area contributed by atoms with Crippen LogP contribution in [-0.2, 0) is 9.59 Å². The van der Waals surface area contributed by atoms with Crippen LogP contribution >= 0.6 is 0 Å². The molecule has 9 nitrogen and oxygen atoms in total. The molecule has 3 aromatic carbocycles. The highest BCUT2D eigenvalue weighted by Gasteiger charge is 2.36. The molecule has 0 saturated carbocycles. The minimum atomic E-state index is -0.825. The number of rotatable bonds is 10. The molecule has 0 bridgehead atoms. The first-order valence-electron chi connectivity index (χ1n) is 12.0. The number of aryl methyl sites for hydroxylation is 1. The number of amides is 4. The van der Waals surface area contributed by atoms with Crippen LogP contribution in [0.5, 0.6) is 23.0 Å². The summed E-state index contributed by atoms with van der Waals surface area (Å²) in [7, 11) is 1.51. The van der Waals surface area contributed by atoms with Crippen molar-refractivity contribution in [3.05, 3.63) is 83.4 Å². The number of imide groups is 2. The molecule has 0 radical (unpaired) electrons. The van der Waals surface area contributed by atoms with Crippen molar-refractivity contribution in [2.45, 2.75) is 13.8 Å². The molecule has 0 atom stereocenters. The van der Waals surface area contributed by atoms with E-state index in [-0.39, 0.29) is 12.2 Å². The van der Waals surface area contributed by atoms with E-state index in [1.165, 1.54) is 13.2 Å². The van der Waals surface area contributed by atoms with Gasteiger partial charge in [0, 0.05) is 0 Å². The zero-order chi connectivity index (χ0) is 27.1. The molecular formula is C29H28N2O7. The second kappa shape index (κ2) is 12.0. The SMILES string of the molecule is CCOc1cc(/C=C2/C(=O)NC(=O)N(c3ccc(OC)cc3)C2=O)ccc1OCCOc1ccc(C)cc1. The number of barbiturate groups is 1. The van der Waals surface area contributed by atoms with E-state index in [0.717, 1.165) is 16.2 Å². The van der Waals surface area contributed by atoms with Gasteiger partial charge in [0.1, 0.15) is 30.3 Å². The van der Waals surface area contributed by atoms with Gasteiger partial charge in [0.15, 0.2) is 11.5 Å². The summed E-state index contributed by atoms with van der Waals surface area (Å²) in [4.78, 5) is 39.1. The first-order chi connectivity index (χ1) is 18.4. The van der Waals surface area contributed by atoms with Crippen LogP contribution in [0.25, 0.3) is 6.08 Å². The Bertz CT molecular complexity index is 1350. The van der Waals surface area contributed by atoms with Gasteiger partial charge in [0.25, 0.3) is 11.8 Å². The normalized spacial score (nSPS) is 14.3. The topological polar surface area (TPSA) is 103 Å². The van der Waals surface area contributed by atoms with Gasteiger partial charge in [0.05, 0.1) is 19.4 Å². The summed E-state index contributed by atoms with van der Waals surface area (Å²) in [5.74, 6) is 0.744. The zero-order valence-corrected chi connectivity index (χ0v) is 21.4. The fourth-order valence-electron chi connectivity index (χ4n) is 3.74. The monoisotopic (exact) mass is 516 g/mol. The molecule has 0 aromatic heterocycles. The zero-order valence-electron chi connectivity index (χ0n) is 21.4. The van der Waals surface area contributed by atoms with Crippen molar-refractivity contribution < 1.29 is 33.3 Å². The first kappa shape index (κ1) is 26.3. The third-order valence-electron chi connectivity index (χ3n) is 5.64. The number of anilines is 1. The minimum absolute atomic E-state index is 0.192. The standard InChI is InChI=1S/C29H28N2O7/c1-4-36-26-18-20(7-14-25(26)38-16-15-37-23-10-5-19(2)6-11-23)17-24-27(32)30-29(34)31(28(24)33)21-8-12-22(35-3)13-9-21/h5-14,17-18H,4,15-16H2,1-3H3,(H,30,32,34)/b24-17-. The lowest BCUT2D eigenvalue weighted by Gasteiger charge is -2.26. The molecule has 196 valence electrons. The number of methoxy groups -OCH3 is 1. The lowest BCUT2D eigenvalue weighted by molar-refractivity contribution is -0.122. The smallest absolute Gasteiger partial charge is 0.335 e. The van der Waals surface area contributed by atoms with E-state index >= 15 is 0 Å². The van der Waals surface area contributed by atoms with Gasteiger partial charge in [-0.05, 0) is 74.0 Å². The Balaban J connectivity index is 1.49. The summed E-state index contributed by atoms with van der Waals surface area (Å²) in [5.41, 5.74) is 1.79. The van der Waals surface area contributed by atoms with Gasteiger partial charge >= 0.3 is 6.03 Å². The number of carbonyl (C=O) groups excluding carboxylic acids is 3. The molecule has 1 aliphatic heterocycles. The van der Waals surface area contributed by atoms with Crippen molar-refractivity contribution in [1.82, 2.24) is 5.32 Å². The Kier molecular flexibility index (Phi) is 8.27. The fraction of sp³-hybridized carbons (Fsp3) is 0.207. The number of benzene rings is 3. The summed E-state index contributed by atoms with van der Waals surface area (Å²) in [6.45, 7) is 4.86. The average molecular weight is 517 g/mol. The van der Waals surface area contributed by atoms with Crippen LogP contribution < -0.4 is 29.2 Å². The molecule has 0 unspecified atom stereocenters. The summed E-state index contributed by atoms with van der Waals surface area (Å²) in [6, 6.07) is 18.3. The molecule has 0 spiro atoms. The van der Waals surface area contributed by atoms with Gasteiger partial charge in [-0.2, -0.15) is 0 Å². The van der Waals surface area contributed by atoms with Crippen molar-refractivity contribution >= 4 is 29.6 Å². The lowest BCUT2D eigenvalue weighted by Crippen LogP contribution is -2.54. The van der Waals surface area contributed by atoms with Crippen LogP contribution in [0.4, 0.5) is 10.5 Å². The van der Waals surface area contributed by atoms with Crippen LogP contribution in [-0.4, -0.2) is 44.8 Å². The van der Waals surface area contributed by atoms with E-state index in [4.69, 9.17) is 18.9 Å². The Morgan fingerprint density at radius 1 is 0.816 bits per heavy atom. The minimum Gasteiger partial charge on any atom is -0.497 e. The van der Waals surface area contributed by atoms with E-state index in [9.17, 15) is 14.4 Å². The Morgan fingerprint density at radius 2 is 1.50 bits per heavy atom. The van der Waals surface area contributed by atoms with E-state index in [0.29, 0.717) is 41.7 Å². The summed E-state index contributed by atoms with van der Waals surface area (Å²) >= 11 is 0. The number of hydrogen-bond donors (Lipinski definition) is 1. The number of ether oxygens (including phenoxy) is 4. The van der Waals surface area contributed by atoms with Crippen LogP contribution in [0.1, 0.15) is 18.1 Å². The molecule has 4 rings (SSSR count). The van der Waals surface area contributed by atoms with E-state index in [2.05, 4.69) is 5.32 Å². The maximum Gasteiger partial charge on any atom is 0.335 e. The highest BCUT2D eigenvalue weighted by molar-refractivity contribution is 6.39. The number of nitrogens with zero attached hydrogens (tertiary/aromatic N) is 1. The van der Waals surface area contributed by atoms with Gasteiger partial charge in [0.2, 0.25) is 0 Å². The maximum atomic E-state index is 13.2. The predicted molar refractivity (Wildman–Crippen MR) is 142 cm³/mol. The Hall–Kier alpha value is -4.79. The molecule has 38 heavy (non-hydrogen) atoms. The van der Waals surface area contributed by atoms with Gasteiger partial charge in [-0.1, -0.05) is 23.8 Å². The Morgan fingerprint density at radius 3 is 2.18 bits per heavy atom. The number of carbonyl (C=O) groups is 3. The van der Waals surface area contributed by atoms with Gasteiger partial charge in [-0.3, -0.25) is 14.9 Å². The molecule has 1 aliphatic rings. The molecule has 4 amide bonds. The van der Waals surface area contributed by atoms with Crippen LogP contribution in [0, 0.1) is 6.92 Å². The fourth-order valence-corrected chi connectivity index (χ4v) is 3.74. The highest BCUT2D eigenvalue weighted by Crippen LogP contribution is 2.30. The molecule has 3 aromatic rings. The van der Waals surface area contributed by atoms with Crippen molar-refractivity contribution in [2.24, 2.45) is 0 Å². The second-order valence-corrected chi connectivity index (χ2v) is 8.31. The van der Waals surface area contributed by atoms with Gasteiger partial charge in [-0.15, -0.1) is 0 Å². The molecule has 1 N–H and O–H groups in total. The predicted octanol–water partition coefficient (Wildman–Crippen LogP) is 4.53. The third kappa shape index (κ3) is 6.12. The molecule has 1 heterocycles. The average Bonchev–Trinajstić information content (AvgIpc) is 2.91. The van der Waals surface area contributed by atoms with Crippen molar-refractivity contribution in [3.63, 3.8) is 0 Å². The van der Waals surface area contributed by atoms with E-state index in [1.54, 1.807) is 42.5 Å². The number of nitrogens with one attached hydrogen (secondary N) is 1. The van der Waals surface area contributed by atoms with Crippen molar-refractivity contribution in [1.29, 1.82) is 0 Å².